The molecule has 50 valence electrons. The van der Waals surface area contributed by atoms with Crippen LogP contribution in [0, 0.1) is 0 Å². The number of fused-ring (bicyclic) bond motifs is 1. The molecule has 10 heavy (non-hydrogen) atoms. The fourth-order valence-corrected chi connectivity index (χ4v) is 1.75. The van der Waals surface area contributed by atoms with Gasteiger partial charge in [-0.1, -0.05) is 0 Å². The molecule has 0 bridgehead atoms. The molecule has 5 heteroatoms. The highest BCUT2D eigenvalue weighted by Gasteiger charge is 2.00. The summed E-state index contributed by atoms with van der Waals surface area (Å²) in [6, 6.07) is 1.84. The Bertz CT molecular complexity index is 358. The fraction of sp³-hybridized carbons (Fsp3) is 0. The molecular formula is C5H2BrN3S. The molecule has 2 aromatic rings. The van der Waals surface area contributed by atoms with Crippen molar-refractivity contribution in [3.8, 4) is 0 Å². The molecule has 2 heterocycles. The summed E-state index contributed by atoms with van der Waals surface area (Å²) >= 11 is 4.47. The number of pyridine rings is 1. The van der Waals surface area contributed by atoms with Crippen molar-refractivity contribution in [1.29, 1.82) is 0 Å². The van der Waals surface area contributed by atoms with E-state index in [-0.39, 0.29) is 0 Å². The van der Waals surface area contributed by atoms with Gasteiger partial charge in [0, 0.05) is 6.20 Å². The second-order valence-electron chi connectivity index (χ2n) is 1.73. The second kappa shape index (κ2) is 2.25. The largest absolute Gasteiger partial charge is 0.247 e. The van der Waals surface area contributed by atoms with Crippen LogP contribution < -0.4 is 0 Å². The zero-order valence-electron chi connectivity index (χ0n) is 4.78. The smallest absolute Gasteiger partial charge is 0.137 e. The maximum absolute atomic E-state index is 4.04. The van der Waals surface area contributed by atoms with E-state index in [1.165, 1.54) is 11.7 Å². The van der Waals surface area contributed by atoms with Gasteiger partial charge in [0.15, 0.2) is 0 Å². The summed E-state index contributed by atoms with van der Waals surface area (Å²) in [5.74, 6) is 0. The van der Waals surface area contributed by atoms with Crippen molar-refractivity contribution < 1.29 is 0 Å². The lowest BCUT2D eigenvalue weighted by Crippen LogP contribution is -1.75. The first kappa shape index (κ1) is 6.18. The minimum atomic E-state index is 0.763. The number of hydrogen-bond acceptors (Lipinski definition) is 4. The van der Waals surface area contributed by atoms with Crippen LogP contribution in [-0.2, 0) is 0 Å². The quantitative estimate of drug-likeness (QED) is 0.630. The molecule has 0 amide bonds. The molecule has 0 N–H and O–H groups in total. The van der Waals surface area contributed by atoms with E-state index in [1.807, 2.05) is 6.07 Å². The standard InChI is InChI=1S/C5H2BrN3S/c6-5-4-3(1-2-7-5)8-10-9-4/h1-2H. The summed E-state index contributed by atoms with van der Waals surface area (Å²) in [6.45, 7) is 0. The van der Waals surface area contributed by atoms with Crippen molar-refractivity contribution in [2.24, 2.45) is 0 Å². The molecule has 0 aliphatic heterocycles. The lowest BCUT2D eigenvalue weighted by molar-refractivity contribution is 1.30. The second-order valence-corrected chi connectivity index (χ2v) is 3.01. The van der Waals surface area contributed by atoms with Gasteiger partial charge in [-0.3, -0.25) is 0 Å². The molecule has 0 aliphatic carbocycles. The molecule has 2 rings (SSSR count). The van der Waals surface area contributed by atoms with Crippen LogP contribution in [-0.4, -0.2) is 13.7 Å². The molecule has 0 spiro atoms. The Morgan fingerprint density at radius 2 is 2.30 bits per heavy atom. The highest BCUT2D eigenvalue weighted by molar-refractivity contribution is 9.10. The SMILES string of the molecule is Brc1nccc2nsnc12. The number of hydrogen-bond donors (Lipinski definition) is 0. The minimum Gasteiger partial charge on any atom is -0.247 e. The molecule has 0 unspecified atom stereocenters. The Morgan fingerprint density at radius 3 is 3.10 bits per heavy atom. The van der Waals surface area contributed by atoms with Crippen LogP contribution in [0.1, 0.15) is 0 Å². The predicted octanol–water partition coefficient (Wildman–Crippen LogP) is 1.85. The maximum Gasteiger partial charge on any atom is 0.137 e. The van der Waals surface area contributed by atoms with Gasteiger partial charge < -0.3 is 0 Å². The fourth-order valence-electron chi connectivity index (χ4n) is 0.682. The van der Waals surface area contributed by atoms with Crippen LogP contribution in [0.15, 0.2) is 16.9 Å². The van der Waals surface area contributed by atoms with Crippen molar-refractivity contribution in [1.82, 2.24) is 13.7 Å². The third-order valence-electron chi connectivity index (χ3n) is 1.13. The molecular weight excluding hydrogens is 214 g/mol. The molecule has 2 aromatic heterocycles. The van der Waals surface area contributed by atoms with Crippen molar-refractivity contribution in [2.45, 2.75) is 0 Å². The van der Waals surface area contributed by atoms with Gasteiger partial charge in [-0.25, -0.2) is 4.98 Å². The Balaban J connectivity index is 2.95. The highest BCUT2D eigenvalue weighted by atomic mass is 79.9. The van der Waals surface area contributed by atoms with E-state index in [2.05, 4.69) is 29.7 Å². The minimum absolute atomic E-state index is 0.763. The van der Waals surface area contributed by atoms with E-state index in [0.29, 0.717) is 0 Å². The molecule has 0 fully saturated rings. The van der Waals surface area contributed by atoms with Gasteiger partial charge in [-0.15, -0.1) is 0 Å². The first-order valence-electron chi connectivity index (χ1n) is 2.61. The van der Waals surface area contributed by atoms with Crippen LogP contribution in [0.4, 0.5) is 0 Å². The van der Waals surface area contributed by atoms with Gasteiger partial charge in [0.05, 0.1) is 11.7 Å². The van der Waals surface area contributed by atoms with Gasteiger partial charge in [0.1, 0.15) is 15.6 Å². The molecule has 3 nitrogen and oxygen atoms in total. The van der Waals surface area contributed by atoms with Crippen molar-refractivity contribution in [3.05, 3.63) is 16.9 Å². The normalized spacial score (nSPS) is 10.5. The van der Waals surface area contributed by atoms with Crippen LogP contribution in [0.25, 0.3) is 11.0 Å². The summed E-state index contributed by atoms with van der Waals surface area (Å²) in [5.41, 5.74) is 1.74. The van der Waals surface area contributed by atoms with Gasteiger partial charge >= 0.3 is 0 Å². The molecule has 0 saturated heterocycles. The lowest BCUT2D eigenvalue weighted by Gasteiger charge is -1.85. The van der Waals surface area contributed by atoms with Crippen LogP contribution in [0.2, 0.25) is 0 Å². The Labute approximate surface area is 69.6 Å². The van der Waals surface area contributed by atoms with Gasteiger partial charge in [0.2, 0.25) is 0 Å². The first-order valence-corrected chi connectivity index (χ1v) is 4.13. The molecule has 0 saturated carbocycles. The van der Waals surface area contributed by atoms with Gasteiger partial charge in [0.25, 0.3) is 0 Å². The Hall–Kier alpha value is -0.550. The van der Waals surface area contributed by atoms with E-state index in [9.17, 15) is 0 Å². The molecule has 0 radical (unpaired) electrons. The zero-order chi connectivity index (χ0) is 6.97. The summed E-state index contributed by atoms with van der Waals surface area (Å²) in [4.78, 5) is 4.00. The summed E-state index contributed by atoms with van der Waals surface area (Å²) in [6.07, 6.45) is 1.70. The van der Waals surface area contributed by atoms with E-state index >= 15 is 0 Å². The zero-order valence-corrected chi connectivity index (χ0v) is 7.19. The topological polar surface area (TPSA) is 38.7 Å². The summed E-state index contributed by atoms with van der Waals surface area (Å²) in [7, 11) is 0. The predicted molar refractivity (Wildman–Crippen MR) is 42.9 cm³/mol. The average Bonchev–Trinajstić information content (AvgIpc) is 2.36. The van der Waals surface area contributed by atoms with Crippen molar-refractivity contribution in [3.63, 3.8) is 0 Å². The summed E-state index contributed by atoms with van der Waals surface area (Å²) < 4.78 is 8.84. The van der Waals surface area contributed by atoms with Gasteiger partial charge in [-0.05, 0) is 22.0 Å². The number of nitrogens with zero attached hydrogens (tertiary/aromatic N) is 3. The van der Waals surface area contributed by atoms with E-state index in [1.54, 1.807) is 6.20 Å². The highest BCUT2D eigenvalue weighted by Crippen LogP contribution is 2.18. The molecule has 0 aliphatic rings. The van der Waals surface area contributed by atoms with Crippen molar-refractivity contribution >= 4 is 38.7 Å². The molecule has 0 aromatic carbocycles. The third-order valence-corrected chi connectivity index (χ3v) is 2.25. The van der Waals surface area contributed by atoms with Crippen LogP contribution in [0.5, 0.6) is 0 Å². The van der Waals surface area contributed by atoms with Crippen LogP contribution in [0.3, 0.4) is 0 Å². The Morgan fingerprint density at radius 1 is 1.40 bits per heavy atom. The van der Waals surface area contributed by atoms with Crippen LogP contribution >= 0.6 is 27.7 Å². The average molecular weight is 216 g/mol. The number of halogens is 1. The monoisotopic (exact) mass is 215 g/mol. The third kappa shape index (κ3) is 0.819. The van der Waals surface area contributed by atoms with Crippen molar-refractivity contribution in [2.75, 3.05) is 0 Å². The first-order chi connectivity index (χ1) is 4.88. The molecule has 0 atom stereocenters. The lowest BCUT2D eigenvalue weighted by atomic mass is 10.4. The summed E-state index contributed by atoms with van der Waals surface area (Å²) in [5, 5.41) is 0. The van der Waals surface area contributed by atoms with E-state index < -0.39 is 0 Å². The number of rotatable bonds is 0. The van der Waals surface area contributed by atoms with E-state index in [4.69, 9.17) is 0 Å². The number of aromatic nitrogens is 3. The maximum atomic E-state index is 4.04. The van der Waals surface area contributed by atoms with Gasteiger partial charge in [-0.2, -0.15) is 8.75 Å². The van der Waals surface area contributed by atoms with E-state index in [0.717, 1.165) is 15.6 Å². The Kier molecular flexibility index (Phi) is 1.39.